The topological polar surface area (TPSA) is 43.8 Å². The summed E-state index contributed by atoms with van der Waals surface area (Å²) in [7, 11) is 0. The molecule has 2 aromatic heterocycles. The molecule has 3 nitrogen and oxygen atoms in total. The Kier molecular flexibility index (Phi) is 2.34. The van der Waals surface area contributed by atoms with Crippen LogP contribution in [0.4, 0.5) is 5.95 Å². The van der Waals surface area contributed by atoms with E-state index >= 15 is 0 Å². The van der Waals surface area contributed by atoms with Crippen LogP contribution in [0, 0.1) is 6.92 Å². The fraction of sp³-hybridized carbons (Fsp3) is 0.0833. The first-order valence-corrected chi connectivity index (χ1v) is 6.41. The van der Waals surface area contributed by atoms with E-state index in [0.29, 0.717) is 5.95 Å². The van der Waals surface area contributed by atoms with Crippen molar-refractivity contribution in [2.75, 3.05) is 5.73 Å². The largest absolute Gasteiger partial charge is 0.369 e. The molecular formula is C12H10ClN3S. The Morgan fingerprint density at radius 3 is 2.82 bits per heavy atom. The van der Waals surface area contributed by atoms with Gasteiger partial charge in [-0.2, -0.15) is 0 Å². The molecule has 0 unspecified atom stereocenters. The predicted molar refractivity (Wildman–Crippen MR) is 73.1 cm³/mol. The van der Waals surface area contributed by atoms with Crippen molar-refractivity contribution >= 4 is 39.9 Å². The molecule has 0 saturated heterocycles. The molecule has 3 aromatic rings. The molecule has 0 fully saturated rings. The van der Waals surface area contributed by atoms with Gasteiger partial charge in [0.2, 0.25) is 5.95 Å². The van der Waals surface area contributed by atoms with Crippen LogP contribution in [0.1, 0.15) is 5.56 Å². The van der Waals surface area contributed by atoms with Crippen molar-refractivity contribution in [1.29, 1.82) is 0 Å². The Morgan fingerprint density at radius 1 is 1.35 bits per heavy atom. The summed E-state index contributed by atoms with van der Waals surface area (Å²) in [6.45, 7) is 2.02. The molecule has 3 rings (SSSR count). The van der Waals surface area contributed by atoms with Crippen LogP contribution in [0.5, 0.6) is 0 Å². The third kappa shape index (κ3) is 1.52. The zero-order valence-electron chi connectivity index (χ0n) is 9.14. The molecule has 86 valence electrons. The lowest BCUT2D eigenvalue weighted by Gasteiger charge is -2.06. The summed E-state index contributed by atoms with van der Waals surface area (Å²) in [6, 6.07) is 7.85. The van der Waals surface area contributed by atoms with Gasteiger partial charge in [0.25, 0.3) is 0 Å². The lowest BCUT2D eigenvalue weighted by molar-refractivity contribution is 1.10. The van der Waals surface area contributed by atoms with Crippen molar-refractivity contribution in [2.24, 2.45) is 0 Å². The molecular weight excluding hydrogens is 254 g/mol. The van der Waals surface area contributed by atoms with E-state index in [1.54, 1.807) is 0 Å². The van der Waals surface area contributed by atoms with Gasteiger partial charge in [0, 0.05) is 0 Å². The third-order valence-corrected chi connectivity index (χ3v) is 4.03. The summed E-state index contributed by atoms with van der Waals surface area (Å²) in [4.78, 5) is 4.34. The molecule has 0 atom stereocenters. The fourth-order valence-electron chi connectivity index (χ4n) is 1.95. The lowest BCUT2D eigenvalue weighted by atomic mass is 10.3. The molecule has 2 N–H and O–H groups in total. The average molecular weight is 264 g/mol. The minimum Gasteiger partial charge on any atom is -0.369 e. The summed E-state index contributed by atoms with van der Waals surface area (Å²) in [5.41, 5.74) is 9.88. The number of anilines is 1. The second-order valence-electron chi connectivity index (χ2n) is 3.84. The van der Waals surface area contributed by atoms with E-state index in [-0.39, 0.29) is 0 Å². The highest BCUT2D eigenvalue weighted by molar-refractivity contribution is 7.15. The number of nitrogens with two attached hydrogens (primary N) is 1. The number of para-hydroxylation sites is 2. The summed E-state index contributed by atoms with van der Waals surface area (Å²) < 4.78 is 2.64. The molecule has 2 heterocycles. The average Bonchev–Trinajstić information content (AvgIpc) is 2.79. The molecule has 0 radical (unpaired) electrons. The number of hydrogen-bond donors (Lipinski definition) is 1. The smallest absolute Gasteiger partial charge is 0.206 e. The molecule has 17 heavy (non-hydrogen) atoms. The second-order valence-corrected chi connectivity index (χ2v) is 5.32. The zero-order chi connectivity index (χ0) is 12.0. The highest BCUT2D eigenvalue weighted by Crippen LogP contribution is 2.34. The van der Waals surface area contributed by atoms with Crippen LogP contribution in [0.15, 0.2) is 29.6 Å². The van der Waals surface area contributed by atoms with E-state index in [1.165, 1.54) is 11.3 Å². The van der Waals surface area contributed by atoms with Crippen LogP contribution in [-0.2, 0) is 0 Å². The number of fused-ring (bicyclic) bond motifs is 1. The van der Waals surface area contributed by atoms with Crippen molar-refractivity contribution in [3.8, 4) is 5.69 Å². The number of imidazole rings is 1. The van der Waals surface area contributed by atoms with Crippen molar-refractivity contribution in [3.63, 3.8) is 0 Å². The molecule has 0 amide bonds. The number of nitrogens with zero attached hydrogens (tertiary/aromatic N) is 2. The molecule has 1 aromatic carbocycles. The molecule has 0 spiro atoms. The van der Waals surface area contributed by atoms with Gasteiger partial charge in [0.1, 0.15) is 4.34 Å². The van der Waals surface area contributed by atoms with Gasteiger partial charge in [0.05, 0.1) is 16.7 Å². The number of aromatic nitrogens is 2. The SMILES string of the molecule is Cc1csc(Cl)c1-n1c(N)nc2ccccc21. The number of benzene rings is 1. The van der Waals surface area contributed by atoms with Crippen LogP contribution in [-0.4, -0.2) is 9.55 Å². The molecule has 0 aliphatic heterocycles. The number of aryl methyl sites for hydroxylation is 1. The Labute approximate surface area is 107 Å². The van der Waals surface area contributed by atoms with Gasteiger partial charge < -0.3 is 5.73 Å². The molecule has 0 aliphatic rings. The van der Waals surface area contributed by atoms with Crippen molar-refractivity contribution in [2.45, 2.75) is 6.92 Å². The molecule has 0 aliphatic carbocycles. The highest BCUT2D eigenvalue weighted by Gasteiger charge is 2.15. The second kappa shape index (κ2) is 3.75. The van der Waals surface area contributed by atoms with E-state index in [9.17, 15) is 0 Å². The van der Waals surface area contributed by atoms with Gasteiger partial charge in [-0.15, -0.1) is 11.3 Å². The predicted octanol–water partition coefficient (Wildman–Crippen LogP) is 3.63. The molecule has 0 saturated carbocycles. The van der Waals surface area contributed by atoms with Crippen molar-refractivity contribution in [1.82, 2.24) is 9.55 Å². The Balaban J connectivity index is 2.41. The number of nitrogen functional groups attached to an aromatic ring is 1. The quantitative estimate of drug-likeness (QED) is 0.729. The van der Waals surface area contributed by atoms with Gasteiger partial charge in [-0.3, -0.25) is 4.57 Å². The first-order valence-electron chi connectivity index (χ1n) is 5.15. The van der Waals surface area contributed by atoms with E-state index in [1.807, 2.05) is 41.1 Å². The van der Waals surface area contributed by atoms with E-state index in [2.05, 4.69) is 4.98 Å². The van der Waals surface area contributed by atoms with Gasteiger partial charge >= 0.3 is 0 Å². The van der Waals surface area contributed by atoms with Crippen LogP contribution in [0.3, 0.4) is 0 Å². The number of thiophene rings is 1. The summed E-state index contributed by atoms with van der Waals surface area (Å²) in [6.07, 6.45) is 0. The van der Waals surface area contributed by atoms with E-state index < -0.39 is 0 Å². The maximum Gasteiger partial charge on any atom is 0.206 e. The Hall–Kier alpha value is -1.52. The van der Waals surface area contributed by atoms with E-state index in [0.717, 1.165) is 26.6 Å². The maximum absolute atomic E-state index is 6.22. The highest BCUT2D eigenvalue weighted by atomic mass is 35.5. The van der Waals surface area contributed by atoms with Gasteiger partial charge in [0.15, 0.2) is 0 Å². The summed E-state index contributed by atoms with van der Waals surface area (Å²) in [5, 5.41) is 2.02. The number of hydrogen-bond acceptors (Lipinski definition) is 3. The van der Waals surface area contributed by atoms with Crippen LogP contribution in [0.2, 0.25) is 4.34 Å². The Morgan fingerprint density at radius 2 is 2.12 bits per heavy atom. The lowest BCUT2D eigenvalue weighted by Crippen LogP contribution is -2.01. The van der Waals surface area contributed by atoms with Crippen LogP contribution in [0.25, 0.3) is 16.7 Å². The zero-order valence-corrected chi connectivity index (χ0v) is 10.7. The minimum absolute atomic E-state index is 0.467. The van der Waals surface area contributed by atoms with Crippen molar-refractivity contribution < 1.29 is 0 Å². The normalized spacial score (nSPS) is 11.2. The third-order valence-electron chi connectivity index (χ3n) is 2.71. The maximum atomic E-state index is 6.22. The van der Waals surface area contributed by atoms with Gasteiger partial charge in [-0.25, -0.2) is 4.98 Å². The first kappa shape index (κ1) is 10.6. The van der Waals surface area contributed by atoms with Crippen LogP contribution >= 0.6 is 22.9 Å². The Bertz CT molecular complexity index is 679. The van der Waals surface area contributed by atoms with Gasteiger partial charge in [-0.05, 0) is 30.0 Å². The summed E-state index contributed by atoms with van der Waals surface area (Å²) in [5.74, 6) is 0.467. The van der Waals surface area contributed by atoms with Gasteiger partial charge in [-0.1, -0.05) is 23.7 Å². The first-order chi connectivity index (χ1) is 8.18. The van der Waals surface area contributed by atoms with Crippen LogP contribution < -0.4 is 5.73 Å². The minimum atomic E-state index is 0.467. The van der Waals surface area contributed by atoms with Crippen molar-refractivity contribution in [3.05, 3.63) is 39.5 Å². The molecule has 5 heteroatoms. The molecule has 0 bridgehead atoms. The monoisotopic (exact) mass is 263 g/mol. The number of halogens is 1. The standard InChI is InChI=1S/C12H10ClN3S/c1-7-6-17-11(13)10(7)16-9-5-3-2-4-8(9)15-12(16)14/h2-6H,1H3,(H2,14,15). The number of rotatable bonds is 1. The fourth-order valence-corrected chi connectivity index (χ4v) is 3.07. The summed E-state index contributed by atoms with van der Waals surface area (Å²) >= 11 is 7.73. The van der Waals surface area contributed by atoms with E-state index in [4.69, 9.17) is 17.3 Å².